The molecule has 3 rings (SSSR count). The molecular formula is C16H11BrN2O5. The second kappa shape index (κ2) is 6.40. The summed E-state index contributed by atoms with van der Waals surface area (Å²) in [5.74, 6) is -0.440. The van der Waals surface area contributed by atoms with Gasteiger partial charge in [0.2, 0.25) is 5.89 Å². The molecular weight excluding hydrogens is 380 g/mol. The summed E-state index contributed by atoms with van der Waals surface area (Å²) in [7, 11) is 0. The minimum atomic E-state index is -0.693. The van der Waals surface area contributed by atoms with Gasteiger partial charge in [0.25, 0.3) is 5.69 Å². The fourth-order valence-corrected chi connectivity index (χ4v) is 2.69. The van der Waals surface area contributed by atoms with E-state index in [-0.39, 0.29) is 34.8 Å². The Kier molecular flexibility index (Phi) is 4.30. The molecule has 0 spiro atoms. The van der Waals surface area contributed by atoms with Crippen molar-refractivity contribution < 1.29 is 18.9 Å². The van der Waals surface area contributed by atoms with Gasteiger partial charge in [-0.1, -0.05) is 12.1 Å². The minimum absolute atomic E-state index is 0.0214. The molecule has 0 unspecified atom stereocenters. The van der Waals surface area contributed by atoms with Crippen LogP contribution in [0.3, 0.4) is 0 Å². The Balaban J connectivity index is 2.24. The Morgan fingerprint density at radius 2 is 2.12 bits per heavy atom. The zero-order valence-electron chi connectivity index (χ0n) is 12.5. The molecule has 0 aliphatic heterocycles. The van der Waals surface area contributed by atoms with Crippen LogP contribution in [0.25, 0.3) is 22.6 Å². The van der Waals surface area contributed by atoms with E-state index in [1.54, 1.807) is 13.0 Å². The molecule has 122 valence electrons. The summed E-state index contributed by atoms with van der Waals surface area (Å²) in [6.45, 7) is 1.80. The largest absolute Gasteiger partial charge is 0.462 e. The SMILES string of the molecule is CCOC(=O)c1cc([N+](=O)[O-])cc2nc(-c3ccccc3Br)oc12. The number of fused-ring (bicyclic) bond motifs is 1. The summed E-state index contributed by atoms with van der Waals surface area (Å²) in [5.41, 5.74) is 0.776. The van der Waals surface area contributed by atoms with Gasteiger partial charge in [0.1, 0.15) is 11.1 Å². The lowest BCUT2D eigenvalue weighted by atomic mass is 10.1. The Labute approximate surface area is 144 Å². The van der Waals surface area contributed by atoms with Gasteiger partial charge in [-0.25, -0.2) is 9.78 Å². The van der Waals surface area contributed by atoms with E-state index in [1.165, 1.54) is 6.07 Å². The topological polar surface area (TPSA) is 95.5 Å². The first-order valence-electron chi connectivity index (χ1n) is 7.02. The Morgan fingerprint density at radius 1 is 1.38 bits per heavy atom. The average molecular weight is 391 g/mol. The van der Waals surface area contributed by atoms with Crippen molar-refractivity contribution in [2.24, 2.45) is 0 Å². The number of rotatable bonds is 4. The summed E-state index contributed by atoms with van der Waals surface area (Å²) in [5, 5.41) is 11.1. The highest BCUT2D eigenvalue weighted by Gasteiger charge is 2.23. The monoisotopic (exact) mass is 390 g/mol. The summed E-state index contributed by atoms with van der Waals surface area (Å²) >= 11 is 3.40. The first-order valence-corrected chi connectivity index (χ1v) is 7.81. The number of carbonyl (C=O) groups excluding carboxylic acids is 1. The standard InChI is InChI=1S/C16H11BrN2O5/c1-2-23-16(20)11-7-9(19(21)22)8-13-14(11)24-15(18-13)10-5-3-4-6-12(10)17/h3-8H,2H2,1H3. The number of nitro groups is 1. The van der Waals surface area contributed by atoms with Crippen molar-refractivity contribution >= 4 is 38.7 Å². The summed E-state index contributed by atoms with van der Waals surface area (Å²) < 4.78 is 11.4. The molecule has 0 amide bonds. The first kappa shape index (κ1) is 16.1. The lowest BCUT2D eigenvalue weighted by Crippen LogP contribution is -2.05. The van der Waals surface area contributed by atoms with Crippen LogP contribution in [0.1, 0.15) is 17.3 Å². The smallest absolute Gasteiger partial charge is 0.342 e. The number of non-ortho nitro benzene ring substituents is 1. The van der Waals surface area contributed by atoms with E-state index >= 15 is 0 Å². The van der Waals surface area contributed by atoms with Crippen molar-refractivity contribution in [3.05, 3.63) is 56.5 Å². The minimum Gasteiger partial charge on any atom is -0.462 e. The van der Waals surface area contributed by atoms with E-state index in [9.17, 15) is 14.9 Å². The van der Waals surface area contributed by atoms with E-state index in [2.05, 4.69) is 20.9 Å². The van der Waals surface area contributed by atoms with Crippen LogP contribution in [-0.2, 0) is 4.74 Å². The van der Waals surface area contributed by atoms with Crippen LogP contribution in [0, 0.1) is 10.1 Å². The highest BCUT2D eigenvalue weighted by molar-refractivity contribution is 9.10. The maximum atomic E-state index is 12.1. The van der Waals surface area contributed by atoms with Crippen LogP contribution < -0.4 is 0 Å². The highest BCUT2D eigenvalue weighted by atomic mass is 79.9. The van der Waals surface area contributed by atoms with Gasteiger partial charge in [0.15, 0.2) is 5.58 Å². The van der Waals surface area contributed by atoms with Crippen molar-refractivity contribution in [1.82, 2.24) is 4.98 Å². The van der Waals surface area contributed by atoms with E-state index in [4.69, 9.17) is 9.15 Å². The number of nitro benzene ring substituents is 1. The predicted molar refractivity (Wildman–Crippen MR) is 89.8 cm³/mol. The molecule has 0 N–H and O–H groups in total. The van der Waals surface area contributed by atoms with Crippen LogP contribution in [0.4, 0.5) is 5.69 Å². The Morgan fingerprint density at radius 3 is 2.79 bits per heavy atom. The molecule has 1 aromatic heterocycles. The number of halogens is 1. The maximum absolute atomic E-state index is 12.1. The summed E-state index contributed by atoms with van der Waals surface area (Å²) in [6.07, 6.45) is 0. The lowest BCUT2D eigenvalue weighted by molar-refractivity contribution is -0.384. The van der Waals surface area contributed by atoms with E-state index in [0.717, 1.165) is 10.5 Å². The third-order valence-electron chi connectivity index (χ3n) is 3.29. The molecule has 24 heavy (non-hydrogen) atoms. The van der Waals surface area contributed by atoms with Crippen molar-refractivity contribution in [3.63, 3.8) is 0 Å². The van der Waals surface area contributed by atoms with E-state index in [0.29, 0.717) is 5.56 Å². The van der Waals surface area contributed by atoms with Gasteiger partial charge in [0, 0.05) is 16.6 Å². The van der Waals surface area contributed by atoms with Gasteiger partial charge in [-0.2, -0.15) is 0 Å². The lowest BCUT2D eigenvalue weighted by Gasteiger charge is -2.02. The van der Waals surface area contributed by atoms with Crippen LogP contribution in [0.5, 0.6) is 0 Å². The molecule has 0 aliphatic rings. The van der Waals surface area contributed by atoms with Crippen LogP contribution in [0.2, 0.25) is 0 Å². The number of esters is 1. The number of hydrogen-bond donors (Lipinski definition) is 0. The third-order valence-corrected chi connectivity index (χ3v) is 3.98. The molecule has 3 aromatic rings. The number of carbonyl (C=O) groups is 1. The number of hydrogen-bond acceptors (Lipinski definition) is 6. The van der Waals surface area contributed by atoms with Gasteiger partial charge < -0.3 is 9.15 Å². The molecule has 8 heteroatoms. The Bertz CT molecular complexity index is 951. The highest BCUT2D eigenvalue weighted by Crippen LogP contribution is 2.33. The van der Waals surface area contributed by atoms with Crippen molar-refractivity contribution in [3.8, 4) is 11.5 Å². The van der Waals surface area contributed by atoms with Crippen LogP contribution >= 0.6 is 15.9 Å². The van der Waals surface area contributed by atoms with Crippen molar-refractivity contribution in [1.29, 1.82) is 0 Å². The van der Waals surface area contributed by atoms with Crippen LogP contribution in [-0.4, -0.2) is 22.5 Å². The summed E-state index contributed by atoms with van der Waals surface area (Å²) in [4.78, 5) is 26.9. The molecule has 0 saturated heterocycles. The molecule has 7 nitrogen and oxygen atoms in total. The first-order chi connectivity index (χ1) is 11.5. The molecule has 0 aliphatic carbocycles. The summed E-state index contributed by atoms with van der Waals surface area (Å²) in [6, 6.07) is 9.65. The zero-order chi connectivity index (χ0) is 17.3. The molecule has 0 radical (unpaired) electrons. The van der Waals surface area contributed by atoms with Crippen molar-refractivity contribution in [2.75, 3.05) is 6.61 Å². The maximum Gasteiger partial charge on any atom is 0.342 e. The van der Waals surface area contributed by atoms with Gasteiger partial charge in [-0.3, -0.25) is 10.1 Å². The molecule has 0 bridgehead atoms. The normalized spacial score (nSPS) is 10.8. The molecule has 2 aromatic carbocycles. The third kappa shape index (κ3) is 2.88. The molecule has 0 atom stereocenters. The van der Waals surface area contributed by atoms with Gasteiger partial charge in [-0.05, 0) is 35.0 Å². The average Bonchev–Trinajstić information content (AvgIpc) is 2.98. The van der Waals surface area contributed by atoms with Crippen LogP contribution in [0.15, 0.2) is 45.3 Å². The zero-order valence-corrected chi connectivity index (χ0v) is 14.1. The van der Waals surface area contributed by atoms with Crippen molar-refractivity contribution in [2.45, 2.75) is 6.92 Å². The number of benzene rings is 2. The van der Waals surface area contributed by atoms with E-state index in [1.807, 2.05) is 18.2 Å². The van der Waals surface area contributed by atoms with Gasteiger partial charge in [-0.15, -0.1) is 0 Å². The quantitative estimate of drug-likeness (QED) is 0.373. The van der Waals surface area contributed by atoms with Gasteiger partial charge in [0.05, 0.1) is 17.1 Å². The van der Waals surface area contributed by atoms with E-state index < -0.39 is 10.9 Å². The second-order valence-corrected chi connectivity index (χ2v) is 5.67. The number of nitrogens with zero attached hydrogens (tertiary/aromatic N) is 2. The van der Waals surface area contributed by atoms with Gasteiger partial charge >= 0.3 is 5.97 Å². The number of aromatic nitrogens is 1. The number of oxazole rings is 1. The number of ether oxygens (including phenoxy) is 1. The molecule has 0 saturated carbocycles. The molecule has 0 fully saturated rings. The Hall–Kier alpha value is -2.74. The predicted octanol–water partition coefficient (Wildman–Crippen LogP) is 4.34. The fraction of sp³-hybridized carbons (Fsp3) is 0.125. The second-order valence-electron chi connectivity index (χ2n) is 4.82. The fourth-order valence-electron chi connectivity index (χ4n) is 2.23. The molecule has 1 heterocycles.